The standard InChI is InChI=1S/C17H27NO/c1-3-4-5-6-7-8-12-17(19)14-13-16-11-9-10-15(2)18-16/h9-11,13-14,17,19H,3-8,12H2,1-2H3. The van der Waals surface area contributed by atoms with Gasteiger partial charge in [0, 0.05) is 5.69 Å². The van der Waals surface area contributed by atoms with Crippen LogP contribution in [0.4, 0.5) is 0 Å². The van der Waals surface area contributed by atoms with Crippen molar-refractivity contribution in [2.45, 2.75) is 64.9 Å². The number of hydrogen-bond donors (Lipinski definition) is 1. The van der Waals surface area contributed by atoms with Gasteiger partial charge in [-0.3, -0.25) is 4.98 Å². The highest BCUT2D eigenvalue weighted by Crippen LogP contribution is 2.10. The highest BCUT2D eigenvalue weighted by atomic mass is 16.3. The van der Waals surface area contributed by atoms with Gasteiger partial charge in [-0.2, -0.15) is 0 Å². The SMILES string of the molecule is CCCCCCCCC(O)C=Cc1cccc(C)n1. The number of unbranched alkanes of at least 4 members (excludes halogenated alkanes) is 5. The van der Waals surface area contributed by atoms with E-state index in [0.717, 1.165) is 24.2 Å². The van der Waals surface area contributed by atoms with E-state index in [1.54, 1.807) is 0 Å². The Bertz CT molecular complexity index is 373. The van der Waals surface area contributed by atoms with Gasteiger partial charge in [0.1, 0.15) is 0 Å². The van der Waals surface area contributed by atoms with E-state index in [9.17, 15) is 5.11 Å². The molecule has 2 heteroatoms. The summed E-state index contributed by atoms with van der Waals surface area (Å²) in [6, 6.07) is 5.92. The van der Waals surface area contributed by atoms with Crippen molar-refractivity contribution in [3.05, 3.63) is 35.7 Å². The molecule has 0 spiro atoms. The molecule has 0 fully saturated rings. The van der Waals surface area contributed by atoms with Crippen molar-refractivity contribution >= 4 is 6.08 Å². The fourth-order valence-electron chi connectivity index (χ4n) is 2.10. The Hall–Kier alpha value is -1.15. The molecule has 1 aromatic heterocycles. The number of hydrogen-bond acceptors (Lipinski definition) is 2. The molecule has 0 aliphatic rings. The highest BCUT2D eigenvalue weighted by molar-refractivity contribution is 5.45. The van der Waals surface area contributed by atoms with E-state index in [-0.39, 0.29) is 6.10 Å². The second-order valence-electron chi connectivity index (χ2n) is 5.19. The largest absolute Gasteiger partial charge is 0.389 e. The first-order chi connectivity index (χ1) is 9.22. The smallest absolute Gasteiger partial charge is 0.0724 e. The molecular weight excluding hydrogens is 234 g/mol. The molecule has 1 unspecified atom stereocenters. The summed E-state index contributed by atoms with van der Waals surface area (Å²) in [6.45, 7) is 4.21. The molecule has 1 rings (SSSR count). The topological polar surface area (TPSA) is 33.1 Å². The van der Waals surface area contributed by atoms with Crippen LogP contribution in [-0.2, 0) is 0 Å². The maximum absolute atomic E-state index is 9.87. The second kappa shape index (κ2) is 9.74. The quantitative estimate of drug-likeness (QED) is 0.663. The van der Waals surface area contributed by atoms with Gasteiger partial charge in [0.05, 0.1) is 11.8 Å². The lowest BCUT2D eigenvalue weighted by Crippen LogP contribution is -2.01. The maximum Gasteiger partial charge on any atom is 0.0724 e. The molecule has 0 aromatic carbocycles. The summed E-state index contributed by atoms with van der Waals surface area (Å²) in [7, 11) is 0. The second-order valence-corrected chi connectivity index (χ2v) is 5.19. The van der Waals surface area contributed by atoms with E-state index in [1.165, 1.54) is 32.1 Å². The summed E-state index contributed by atoms with van der Waals surface area (Å²) in [4.78, 5) is 4.38. The Labute approximate surface area is 117 Å². The van der Waals surface area contributed by atoms with E-state index >= 15 is 0 Å². The van der Waals surface area contributed by atoms with E-state index in [1.807, 2.05) is 37.3 Å². The lowest BCUT2D eigenvalue weighted by molar-refractivity contribution is 0.208. The molecule has 1 N–H and O–H groups in total. The number of aromatic nitrogens is 1. The first-order valence-electron chi connectivity index (χ1n) is 7.52. The van der Waals surface area contributed by atoms with Gasteiger partial charge in [0.15, 0.2) is 0 Å². The Morgan fingerprint density at radius 1 is 1.16 bits per heavy atom. The monoisotopic (exact) mass is 261 g/mol. The zero-order chi connectivity index (χ0) is 13.9. The van der Waals surface area contributed by atoms with E-state index in [2.05, 4.69) is 11.9 Å². The van der Waals surface area contributed by atoms with Gasteiger partial charge >= 0.3 is 0 Å². The minimum absolute atomic E-state index is 0.339. The van der Waals surface area contributed by atoms with Gasteiger partial charge in [0.2, 0.25) is 0 Å². The van der Waals surface area contributed by atoms with Crippen molar-refractivity contribution in [1.82, 2.24) is 4.98 Å². The van der Waals surface area contributed by atoms with Gasteiger partial charge in [-0.25, -0.2) is 0 Å². The van der Waals surface area contributed by atoms with Gasteiger partial charge in [-0.15, -0.1) is 0 Å². The van der Waals surface area contributed by atoms with Crippen LogP contribution < -0.4 is 0 Å². The average molecular weight is 261 g/mol. The molecule has 0 saturated heterocycles. The summed E-state index contributed by atoms with van der Waals surface area (Å²) in [5.74, 6) is 0. The fourth-order valence-corrected chi connectivity index (χ4v) is 2.10. The molecule has 1 aromatic rings. The van der Waals surface area contributed by atoms with E-state index in [4.69, 9.17) is 0 Å². The Morgan fingerprint density at radius 3 is 2.63 bits per heavy atom. The molecule has 0 saturated carbocycles. The van der Waals surface area contributed by atoms with Gasteiger partial charge < -0.3 is 5.11 Å². The molecule has 19 heavy (non-hydrogen) atoms. The minimum Gasteiger partial charge on any atom is -0.389 e. The van der Waals surface area contributed by atoms with Crippen LogP contribution in [0.5, 0.6) is 0 Å². The summed E-state index contributed by atoms with van der Waals surface area (Å²) >= 11 is 0. The van der Waals surface area contributed by atoms with E-state index < -0.39 is 0 Å². The Balaban J connectivity index is 2.18. The average Bonchev–Trinajstić information content (AvgIpc) is 2.40. The number of aliphatic hydroxyl groups excluding tert-OH is 1. The first kappa shape index (κ1) is 15.9. The molecule has 0 aliphatic heterocycles. The molecule has 2 nitrogen and oxygen atoms in total. The summed E-state index contributed by atoms with van der Waals surface area (Å²) in [6.07, 6.45) is 11.9. The van der Waals surface area contributed by atoms with Crippen LogP contribution in [0.3, 0.4) is 0 Å². The van der Waals surface area contributed by atoms with Crippen LogP contribution in [0, 0.1) is 6.92 Å². The van der Waals surface area contributed by atoms with Crippen LogP contribution in [0.15, 0.2) is 24.3 Å². The van der Waals surface area contributed by atoms with Crippen molar-refractivity contribution in [2.75, 3.05) is 0 Å². The Morgan fingerprint density at radius 2 is 1.89 bits per heavy atom. The normalized spacial score (nSPS) is 13.0. The molecule has 0 aliphatic carbocycles. The predicted octanol–water partition coefficient (Wildman–Crippen LogP) is 4.51. The van der Waals surface area contributed by atoms with Crippen molar-refractivity contribution in [2.24, 2.45) is 0 Å². The Kier molecular flexibility index (Phi) is 8.15. The number of pyridine rings is 1. The van der Waals surface area contributed by atoms with Crippen molar-refractivity contribution < 1.29 is 5.11 Å². The molecule has 0 radical (unpaired) electrons. The predicted molar refractivity (Wildman–Crippen MR) is 82.0 cm³/mol. The van der Waals surface area contributed by atoms with Crippen LogP contribution >= 0.6 is 0 Å². The van der Waals surface area contributed by atoms with Crippen molar-refractivity contribution in [3.63, 3.8) is 0 Å². The third-order valence-electron chi connectivity index (χ3n) is 3.25. The molecule has 1 heterocycles. The summed E-state index contributed by atoms with van der Waals surface area (Å²) < 4.78 is 0. The third-order valence-corrected chi connectivity index (χ3v) is 3.25. The highest BCUT2D eigenvalue weighted by Gasteiger charge is 1.99. The molecule has 0 amide bonds. The van der Waals surface area contributed by atoms with Crippen LogP contribution in [0.2, 0.25) is 0 Å². The van der Waals surface area contributed by atoms with Crippen LogP contribution in [0.25, 0.3) is 6.08 Å². The fraction of sp³-hybridized carbons (Fsp3) is 0.588. The van der Waals surface area contributed by atoms with Gasteiger partial charge in [-0.1, -0.05) is 57.6 Å². The zero-order valence-corrected chi connectivity index (χ0v) is 12.3. The molecular formula is C17H27NO. The molecule has 1 atom stereocenters. The van der Waals surface area contributed by atoms with Gasteiger partial charge in [-0.05, 0) is 31.6 Å². The van der Waals surface area contributed by atoms with Gasteiger partial charge in [0.25, 0.3) is 0 Å². The minimum atomic E-state index is -0.339. The molecule has 0 bridgehead atoms. The molecule has 106 valence electrons. The van der Waals surface area contributed by atoms with Crippen molar-refractivity contribution in [3.8, 4) is 0 Å². The van der Waals surface area contributed by atoms with Crippen molar-refractivity contribution in [1.29, 1.82) is 0 Å². The van der Waals surface area contributed by atoms with E-state index in [0.29, 0.717) is 0 Å². The lowest BCUT2D eigenvalue weighted by atomic mass is 10.1. The lowest BCUT2D eigenvalue weighted by Gasteiger charge is -2.05. The zero-order valence-electron chi connectivity index (χ0n) is 12.3. The summed E-state index contributed by atoms with van der Waals surface area (Å²) in [5, 5.41) is 9.87. The number of rotatable bonds is 9. The first-order valence-corrected chi connectivity index (χ1v) is 7.52. The number of aliphatic hydroxyl groups is 1. The third kappa shape index (κ3) is 7.78. The summed E-state index contributed by atoms with van der Waals surface area (Å²) in [5.41, 5.74) is 1.93. The van der Waals surface area contributed by atoms with Crippen LogP contribution in [-0.4, -0.2) is 16.2 Å². The number of nitrogens with zero attached hydrogens (tertiary/aromatic N) is 1. The maximum atomic E-state index is 9.87. The van der Waals surface area contributed by atoms with Crippen LogP contribution in [0.1, 0.15) is 63.3 Å². The number of aryl methyl sites for hydroxylation is 1.